The maximum Gasteiger partial charge on any atom is 0.0940 e. The maximum atomic E-state index is 6.14. The highest BCUT2D eigenvalue weighted by Gasteiger charge is 2.34. The molecule has 1 fully saturated rings. The predicted octanol–water partition coefficient (Wildman–Crippen LogP) is 1.96. The van der Waals surface area contributed by atoms with E-state index < -0.39 is 0 Å². The Bertz CT molecular complexity index is 178. The third-order valence-corrected chi connectivity index (χ3v) is 3.14. The van der Waals surface area contributed by atoms with Crippen molar-refractivity contribution in [2.75, 3.05) is 19.7 Å². The molecule has 90 valence electrons. The molecule has 1 atom stereocenters. The SMILES string of the molecule is CCC1(CC)CNCC(COC(C)C)O1. The Morgan fingerprint density at radius 2 is 2.07 bits per heavy atom. The van der Waals surface area contributed by atoms with Crippen molar-refractivity contribution in [3.05, 3.63) is 0 Å². The zero-order valence-electron chi connectivity index (χ0n) is 10.5. The highest BCUT2D eigenvalue weighted by molar-refractivity contribution is 4.87. The smallest absolute Gasteiger partial charge is 0.0940 e. The molecule has 3 nitrogen and oxygen atoms in total. The summed E-state index contributed by atoms with van der Waals surface area (Å²) in [5.41, 5.74) is 0.0310. The molecule has 0 aromatic heterocycles. The molecule has 0 aliphatic carbocycles. The molecule has 1 heterocycles. The van der Waals surface area contributed by atoms with E-state index in [9.17, 15) is 0 Å². The second-order valence-corrected chi connectivity index (χ2v) is 4.64. The number of hydrogen-bond donors (Lipinski definition) is 1. The largest absolute Gasteiger partial charge is 0.376 e. The van der Waals surface area contributed by atoms with Gasteiger partial charge in [0.05, 0.1) is 24.4 Å². The summed E-state index contributed by atoms with van der Waals surface area (Å²) in [6.07, 6.45) is 2.62. The summed E-state index contributed by atoms with van der Waals surface area (Å²) in [5, 5.41) is 3.45. The van der Waals surface area contributed by atoms with Crippen LogP contribution in [0.4, 0.5) is 0 Å². The molecule has 1 saturated heterocycles. The molecule has 0 bridgehead atoms. The summed E-state index contributed by atoms with van der Waals surface area (Å²) < 4.78 is 11.7. The lowest BCUT2D eigenvalue weighted by molar-refractivity contribution is -0.146. The number of nitrogens with one attached hydrogen (secondary N) is 1. The van der Waals surface area contributed by atoms with Gasteiger partial charge in [-0.15, -0.1) is 0 Å². The average molecular weight is 215 g/mol. The minimum atomic E-state index is 0.0310. The van der Waals surface area contributed by atoms with Crippen LogP contribution in [0.25, 0.3) is 0 Å². The minimum absolute atomic E-state index is 0.0310. The van der Waals surface area contributed by atoms with Crippen molar-refractivity contribution in [2.45, 2.75) is 58.3 Å². The van der Waals surface area contributed by atoms with Gasteiger partial charge in [-0.1, -0.05) is 13.8 Å². The first-order valence-corrected chi connectivity index (χ1v) is 6.12. The second-order valence-electron chi connectivity index (χ2n) is 4.64. The molecule has 1 aliphatic rings. The molecular formula is C12H25NO2. The number of ether oxygens (including phenoxy) is 2. The summed E-state index contributed by atoms with van der Waals surface area (Å²) in [7, 11) is 0. The molecule has 15 heavy (non-hydrogen) atoms. The topological polar surface area (TPSA) is 30.5 Å². The van der Waals surface area contributed by atoms with Crippen molar-refractivity contribution in [1.82, 2.24) is 5.32 Å². The number of rotatable bonds is 5. The molecule has 1 N–H and O–H groups in total. The zero-order valence-corrected chi connectivity index (χ0v) is 10.5. The standard InChI is InChI=1S/C12H25NO2/c1-5-12(6-2)9-13-7-11(15-12)8-14-10(3)4/h10-11,13H,5-9H2,1-4H3. The number of morpholine rings is 1. The Kier molecular flexibility index (Phi) is 5.03. The first kappa shape index (κ1) is 12.9. The molecule has 0 radical (unpaired) electrons. The van der Waals surface area contributed by atoms with Crippen LogP contribution in [-0.4, -0.2) is 37.5 Å². The Balaban J connectivity index is 2.41. The summed E-state index contributed by atoms with van der Waals surface area (Å²) >= 11 is 0. The lowest BCUT2D eigenvalue weighted by atomic mass is 9.95. The van der Waals surface area contributed by atoms with Gasteiger partial charge in [0.15, 0.2) is 0 Å². The molecule has 1 rings (SSSR count). The lowest BCUT2D eigenvalue weighted by Crippen LogP contribution is -2.54. The molecule has 1 aliphatic heterocycles. The van der Waals surface area contributed by atoms with Crippen LogP contribution in [0.3, 0.4) is 0 Å². The molecule has 0 spiro atoms. The summed E-state index contributed by atoms with van der Waals surface area (Å²) in [6.45, 7) is 11.1. The quantitative estimate of drug-likeness (QED) is 0.760. The van der Waals surface area contributed by atoms with E-state index in [-0.39, 0.29) is 17.8 Å². The Hall–Kier alpha value is -0.120. The molecule has 1 unspecified atom stereocenters. The first-order chi connectivity index (χ1) is 7.12. The highest BCUT2D eigenvalue weighted by Crippen LogP contribution is 2.24. The van der Waals surface area contributed by atoms with Gasteiger partial charge in [-0.25, -0.2) is 0 Å². The van der Waals surface area contributed by atoms with E-state index in [2.05, 4.69) is 33.0 Å². The van der Waals surface area contributed by atoms with Crippen LogP contribution in [0.15, 0.2) is 0 Å². The lowest BCUT2D eigenvalue weighted by Gasteiger charge is -2.41. The fraction of sp³-hybridized carbons (Fsp3) is 1.00. The first-order valence-electron chi connectivity index (χ1n) is 6.12. The van der Waals surface area contributed by atoms with Crippen molar-refractivity contribution in [1.29, 1.82) is 0 Å². The summed E-state index contributed by atoms with van der Waals surface area (Å²) in [5.74, 6) is 0. The maximum absolute atomic E-state index is 6.14. The van der Waals surface area contributed by atoms with E-state index in [4.69, 9.17) is 9.47 Å². The van der Waals surface area contributed by atoms with E-state index in [0.717, 1.165) is 25.9 Å². The average Bonchev–Trinajstić information content (AvgIpc) is 2.26. The normalized spacial score (nSPS) is 25.8. The molecule has 0 amide bonds. The fourth-order valence-electron chi connectivity index (χ4n) is 1.96. The van der Waals surface area contributed by atoms with Crippen LogP contribution < -0.4 is 5.32 Å². The summed E-state index contributed by atoms with van der Waals surface area (Å²) in [6, 6.07) is 0. The van der Waals surface area contributed by atoms with Gasteiger partial charge < -0.3 is 14.8 Å². The van der Waals surface area contributed by atoms with Gasteiger partial charge in [0.1, 0.15) is 0 Å². The van der Waals surface area contributed by atoms with E-state index in [1.165, 1.54) is 0 Å². The highest BCUT2D eigenvalue weighted by atomic mass is 16.6. The van der Waals surface area contributed by atoms with Crippen molar-refractivity contribution in [2.24, 2.45) is 0 Å². The third kappa shape index (κ3) is 3.74. The molecule has 0 saturated carbocycles. The Labute approximate surface area is 93.5 Å². The van der Waals surface area contributed by atoms with Crippen molar-refractivity contribution in [3.8, 4) is 0 Å². The predicted molar refractivity (Wildman–Crippen MR) is 62.1 cm³/mol. The molecule has 0 aromatic carbocycles. The Morgan fingerprint density at radius 3 is 2.60 bits per heavy atom. The van der Waals surface area contributed by atoms with E-state index in [1.807, 2.05) is 0 Å². The van der Waals surface area contributed by atoms with Gasteiger partial charge in [0, 0.05) is 13.1 Å². The van der Waals surface area contributed by atoms with E-state index in [0.29, 0.717) is 6.61 Å². The van der Waals surface area contributed by atoms with Crippen LogP contribution >= 0.6 is 0 Å². The van der Waals surface area contributed by atoms with Crippen molar-refractivity contribution >= 4 is 0 Å². The zero-order chi connectivity index (χ0) is 11.3. The van der Waals surface area contributed by atoms with Gasteiger partial charge in [-0.05, 0) is 26.7 Å². The van der Waals surface area contributed by atoms with Gasteiger partial charge in [-0.2, -0.15) is 0 Å². The minimum Gasteiger partial charge on any atom is -0.376 e. The molecular weight excluding hydrogens is 190 g/mol. The van der Waals surface area contributed by atoms with Crippen LogP contribution in [0.5, 0.6) is 0 Å². The van der Waals surface area contributed by atoms with Crippen molar-refractivity contribution < 1.29 is 9.47 Å². The van der Waals surface area contributed by atoms with E-state index in [1.54, 1.807) is 0 Å². The number of hydrogen-bond acceptors (Lipinski definition) is 3. The van der Waals surface area contributed by atoms with Crippen LogP contribution in [-0.2, 0) is 9.47 Å². The molecule has 3 heteroatoms. The van der Waals surface area contributed by atoms with Crippen molar-refractivity contribution in [3.63, 3.8) is 0 Å². The van der Waals surface area contributed by atoms with Gasteiger partial charge in [-0.3, -0.25) is 0 Å². The summed E-state index contributed by atoms with van der Waals surface area (Å²) in [4.78, 5) is 0. The van der Waals surface area contributed by atoms with Crippen LogP contribution in [0.1, 0.15) is 40.5 Å². The van der Waals surface area contributed by atoms with Crippen LogP contribution in [0, 0.1) is 0 Å². The van der Waals surface area contributed by atoms with Crippen LogP contribution in [0.2, 0.25) is 0 Å². The van der Waals surface area contributed by atoms with Gasteiger partial charge >= 0.3 is 0 Å². The van der Waals surface area contributed by atoms with E-state index >= 15 is 0 Å². The molecule has 0 aromatic rings. The van der Waals surface area contributed by atoms with Gasteiger partial charge in [0.2, 0.25) is 0 Å². The monoisotopic (exact) mass is 215 g/mol. The Morgan fingerprint density at radius 1 is 1.40 bits per heavy atom. The second kappa shape index (κ2) is 5.83. The van der Waals surface area contributed by atoms with Gasteiger partial charge in [0.25, 0.3) is 0 Å². The third-order valence-electron chi connectivity index (χ3n) is 3.14. The fourth-order valence-corrected chi connectivity index (χ4v) is 1.96.